The number of hydrogen-bond acceptors (Lipinski definition) is 4. The van der Waals surface area contributed by atoms with Crippen LogP contribution in [0.1, 0.15) is 28.4 Å². The van der Waals surface area contributed by atoms with Crippen molar-refractivity contribution in [3.05, 3.63) is 57.6 Å². The standard InChI is InChI=1S/C18H19BrN2O3/c1-4-24-16-10-13(9-15(19)17(16)23-3)11-20-21-18(22)14-7-5-6-12(2)8-14/h5-11H,4H2,1-3H3,(H,21,22)/b20-11-. The minimum absolute atomic E-state index is 0.257. The van der Waals surface area contributed by atoms with E-state index in [0.29, 0.717) is 23.7 Å². The SMILES string of the molecule is CCOc1cc(/C=N\NC(=O)c2cccc(C)c2)cc(Br)c1OC. The van der Waals surface area contributed by atoms with Gasteiger partial charge in [0.25, 0.3) is 5.91 Å². The van der Waals surface area contributed by atoms with E-state index >= 15 is 0 Å². The highest BCUT2D eigenvalue weighted by Gasteiger charge is 2.10. The number of methoxy groups -OCH3 is 1. The number of ether oxygens (including phenoxy) is 2. The third-order valence-electron chi connectivity index (χ3n) is 3.20. The van der Waals surface area contributed by atoms with Gasteiger partial charge in [-0.3, -0.25) is 4.79 Å². The van der Waals surface area contributed by atoms with E-state index in [0.717, 1.165) is 15.6 Å². The third kappa shape index (κ3) is 4.58. The first-order valence-electron chi connectivity index (χ1n) is 7.45. The van der Waals surface area contributed by atoms with Crippen molar-refractivity contribution in [3.8, 4) is 11.5 Å². The molecule has 0 aromatic heterocycles. The van der Waals surface area contributed by atoms with E-state index in [9.17, 15) is 4.79 Å². The molecule has 24 heavy (non-hydrogen) atoms. The fourth-order valence-corrected chi connectivity index (χ4v) is 2.76. The molecular weight excluding hydrogens is 372 g/mol. The van der Waals surface area contributed by atoms with E-state index in [1.54, 1.807) is 25.5 Å². The highest BCUT2D eigenvalue weighted by molar-refractivity contribution is 9.10. The van der Waals surface area contributed by atoms with E-state index in [1.165, 1.54) is 0 Å². The Morgan fingerprint density at radius 1 is 1.33 bits per heavy atom. The van der Waals surface area contributed by atoms with Crippen LogP contribution in [0.15, 0.2) is 46.0 Å². The minimum Gasteiger partial charge on any atom is -0.492 e. The summed E-state index contributed by atoms with van der Waals surface area (Å²) in [6, 6.07) is 11.0. The molecule has 0 bridgehead atoms. The lowest BCUT2D eigenvalue weighted by Crippen LogP contribution is -2.17. The van der Waals surface area contributed by atoms with E-state index in [4.69, 9.17) is 9.47 Å². The molecule has 0 fully saturated rings. The maximum atomic E-state index is 12.0. The summed E-state index contributed by atoms with van der Waals surface area (Å²) in [5.74, 6) is 0.978. The molecule has 0 spiro atoms. The largest absolute Gasteiger partial charge is 0.492 e. The van der Waals surface area contributed by atoms with Crippen LogP contribution in [-0.4, -0.2) is 25.8 Å². The number of halogens is 1. The summed E-state index contributed by atoms with van der Waals surface area (Å²) < 4.78 is 11.6. The number of carbonyl (C=O) groups excluding carboxylic acids is 1. The zero-order chi connectivity index (χ0) is 17.5. The molecule has 0 saturated carbocycles. The van der Waals surface area contributed by atoms with Gasteiger partial charge in [-0.1, -0.05) is 17.7 Å². The van der Waals surface area contributed by atoms with E-state index in [1.807, 2.05) is 38.1 Å². The average molecular weight is 391 g/mol. The lowest BCUT2D eigenvalue weighted by atomic mass is 10.1. The van der Waals surface area contributed by atoms with Crippen LogP contribution in [0.3, 0.4) is 0 Å². The van der Waals surface area contributed by atoms with Crippen molar-refractivity contribution in [1.82, 2.24) is 5.43 Å². The summed E-state index contributed by atoms with van der Waals surface area (Å²) in [5.41, 5.74) is 4.88. The van der Waals surface area contributed by atoms with E-state index in [-0.39, 0.29) is 5.91 Å². The highest BCUT2D eigenvalue weighted by Crippen LogP contribution is 2.36. The van der Waals surface area contributed by atoms with E-state index < -0.39 is 0 Å². The van der Waals surface area contributed by atoms with Crippen LogP contribution in [0.25, 0.3) is 0 Å². The predicted octanol–water partition coefficient (Wildman–Crippen LogP) is 3.93. The van der Waals surface area contributed by atoms with E-state index in [2.05, 4.69) is 26.5 Å². The van der Waals surface area contributed by atoms with Gasteiger partial charge in [0.15, 0.2) is 11.5 Å². The summed E-state index contributed by atoms with van der Waals surface area (Å²) in [5, 5.41) is 4.00. The molecule has 0 aliphatic rings. The molecule has 0 saturated heterocycles. The van der Waals surface area contributed by atoms with Gasteiger partial charge in [0.2, 0.25) is 0 Å². The van der Waals surface area contributed by atoms with Gasteiger partial charge < -0.3 is 9.47 Å². The molecule has 2 aromatic rings. The highest BCUT2D eigenvalue weighted by atomic mass is 79.9. The Balaban J connectivity index is 2.12. The summed E-state index contributed by atoms with van der Waals surface area (Å²) in [7, 11) is 1.58. The van der Waals surface area contributed by atoms with Crippen molar-refractivity contribution in [2.45, 2.75) is 13.8 Å². The quantitative estimate of drug-likeness (QED) is 0.600. The molecule has 0 aliphatic carbocycles. The van der Waals surface area contributed by atoms with Crippen LogP contribution >= 0.6 is 15.9 Å². The lowest BCUT2D eigenvalue weighted by Gasteiger charge is -2.11. The summed E-state index contributed by atoms with van der Waals surface area (Å²) in [4.78, 5) is 12.0. The molecule has 5 nitrogen and oxygen atoms in total. The molecule has 0 unspecified atom stereocenters. The lowest BCUT2D eigenvalue weighted by molar-refractivity contribution is 0.0955. The number of rotatable bonds is 6. The number of carbonyl (C=O) groups is 1. The second-order valence-electron chi connectivity index (χ2n) is 5.04. The zero-order valence-corrected chi connectivity index (χ0v) is 15.4. The number of aryl methyl sites for hydroxylation is 1. The van der Waals surface area contributed by atoms with Gasteiger partial charge in [-0.25, -0.2) is 5.43 Å². The van der Waals surface area contributed by atoms with Crippen LogP contribution < -0.4 is 14.9 Å². The van der Waals surface area contributed by atoms with Crippen LogP contribution in [-0.2, 0) is 0 Å². The van der Waals surface area contributed by atoms with Gasteiger partial charge in [0.1, 0.15) is 0 Å². The molecule has 2 rings (SSSR count). The second-order valence-corrected chi connectivity index (χ2v) is 5.89. The summed E-state index contributed by atoms with van der Waals surface area (Å²) >= 11 is 3.44. The smallest absolute Gasteiger partial charge is 0.271 e. The van der Waals surface area contributed by atoms with Gasteiger partial charge >= 0.3 is 0 Å². The van der Waals surface area contributed by atoms with Crippen molar-refractivity contribution in [1.29, 1.82) is 0 Å². The van der Waals surface area contributed by atoms with Crippen LogP contribution in [0.2, 0.25) is 0 Å². The second kappa shape index (κ2) is 8.49. The maximum Gasteiger partial charge on any atom is 0.271 e. The normalized spacial score (nSPS) is 10.7. The van der Waals surface area contributed by atoms with Gasteiger partial charge in [-0.2, -0.15) is 5.10 Å². The van der Waals surface area contributed by atoms with Gasteiger partial charge in [0, 0.05) is 5.56 Å². The number of nitrogens with one attached hydrogen (secondary N) is 1. The molecule has 126 valence electrons. The molecule has 0 aliphatic heterocycles. The molecule has 0 heterocycles. The first-order chi connectivity index (χ1) is 11.5. The fourth-order valence-electron chi connectivity index (χ4n) is 2.14. The first kappa shape index (κ1) is 18.0. The molecule has 0 atom stereocenters. The third-order valence-corrected chi connectivity index (χ3v) is 3.78. The summed E-state index contributed by atoms with van der Waals surface area (Å²) in [6.45, 7) is 4.36. The Morgan fingerprint density at radius 3 is 2.79 bits per heavy atom. The van der Waals surface area contributed by atoms with Crippen LogP contribution in [0.5, 0.6) is 11.5 Å². The first-order valence-corrected chi connectivity index (χ1v) is 8.24. The molecule has 0 radical (unpaired) electrons. The Morgan fingerprint density at radius 2 is 2.12 bits per heavy atom. The number of nitrogens with zero attached hydrogens (tertiary/aromatic N) is 1. The number of hydrogen-bond donors (Lipinski definition) is 1. The van der Waals surface area contributed by atoms with Crippen molar-refractivity contribution in [2.75, 3.05) is 13.7 Å². The van der Waals surface area contributed by atoms with Gasteiger partial charge in [-0.05, 0) is 59.6 Å². The molecular formula is C18H19BrN2O3. The van der Waals surface area contributed by atoms with Crippen molar-refractivity contribution in [3.63, 3.8) is 0 Å². The minimum atomic E-state index is -0.257. The molecule has 6 heteroatoms. The topological polar surface area (TPSA) is 59.9 Å². The average Bonchev–Trinajstić information content (AvgIpc) is 2.55. The Hall–Kier alpha value is -2.34. The number of amides is 1. The van der Waals surface area contributed by atoms with Crippen molar-refractivity contribution >= 4 is 28.1 Å². The summed E-state index contributed by atoms with van der Waals surface area (Å²) in [6.07, 6.45) is 1.56. The Bertz CT molecular complexity index is 760. The molecule has 1 N–H and O–H groups in total. The Labute approximate surface area is 149 Å². The van der Waals surface area contributed by atoms with Gasteiger partial charge in [-0.15, -0.1) is 0 Å². The maximum absolute atomic E-state index is 12.0. The molecule has 2 aromatic carbocycles. The Kier molecular flexibility index (Phi) is 6.37. The van der Waals surface area contributed by atoms with Crippen molar-refractivity contribution in [2.24, 2.45) is 5.10 Å². The number of hydrazone groups is 1. The molecule has 1 amide bonds. The fraction of sp³-hybridized carbons (Fsp3) is 0.222. The van der Waals surface area contributed by atoms with Crippen LogP contribution in [0.4, 0.5) is 0 Å². The predicted molar refractivity (Wildman–Crippen MR) is 98.1 cm³/mol. The van der Waals surface area contributed by atoms with Gasteiger partial charge in [0.05, 0.1) is 24.4 Å². The monoisotopic (exact) mass is 390 g/mol. The zero-order valence-electron chi connectivity index (χ0n) is 13.8. The van der Waals surface area contributed by atoms with Crippen LogP contribution in [0, 0.1) is 6.92 Å². The number of benzene rings is 2. The van der Waals surface area contributed by atoms with Crippen molar-refractivity contribution < 1.29 is 14.3 Å².